The lowest BCUT2D eigenvalue weighted by molar-refractivity contribution is 0.148. The topological polar surface area (TPSA) is 46.2 Å². The Hall–Kier alpha value is 0.270. The van der Waals surface area contributed by atoms with Crippen LogP contribution in [0.4, 0.5) is 0 Å². The molecule has 108 valence electrons. The molecule has 0 aromatic carbocycles. The summed E-state index contributed by atoms with van der Waals surface area (Å²) in [5.41, 5.74) is 6.73. The van der Waals surface area contributed by atoms with Crippen LogP contribution in [0.15, 0.2) is 0 Å². The molecule has 1 aliphatic rings. The van der Waals surface area contributed by atoms with Gasteiger partial charge in [0.1, 0.15) is 0 Å². The van der Waals surface area contributed by atoms with Gasteiger partial charge in [-0.3, -0.25) is 0 Å². The van der Waals surface area contributed by atoms with Gasteiger partial charge in [-0.2, -0.15) is 11.8 Å². The van der Waals surface area contributed by atoms with E-state index < -0.39 is 0 Å². The molecule has 3 N–H and O–H groups in total. The first-order valence-corrected chi connectivity index (χ1v) is 8.37. The Labute approximate surface area is 117 Å². The minimum Gasteiger partial charge on any atom is -0.396 e. The van der Waals surface area contributed by atoms with Crippen LogP contribution in [0.5, 0.6) is 0 Å². The van der Waals surface area contributed by atoms with E-state index in [0.29, 0.717) is 28.6 Å². The summed E-state index contributed by atoms with van der Waals surface area (Å²) < 4.78 is 0. The maximum atomic E-state index is 9.01. The minimum absolute atomic E-state index is 0.292. The van der Waals surface area contributed by atoms with Crippen molar-refractivity contribution in [3.05, 3.63) is 0 Å². The van der Waals surface area contributed by atoms with Gasteiger partial charge in [-0.15, -0.1) is 0 Å². The van der Waals surface area contributed by atoms with Gasteiger partial charge in [-0.05, 0) is 37.0 Å². The van der Waals surface area contributed by atoms with Crippen molar-refractivity contribution in [2.24, 2.45) is 17.1 Å². The third kappa shape index (κ3) is 4.43. The number of aliphatic hydroxyl groups excluding tert-OH is 1. The van der Waals surface area contributed by atoms with E-state index in [1.807, 2.05) is 11.8 Å². The van der Waals surface area contributed by atoms with Crippen molar-refractivity contribution in [3.8, 4) is 0 Å². The molecule has 1 rings (SSSR count). The SMILES string of the molecule is CCC(C)(C)C1CCC(N)C(SC(C)CCO)C1. The lowest BCUT2D eigenvalue weighted by Crippen LogP contribution is -2.42. The Morgan fingerprint density at radius 3 is 2.61 bits per heavy atom. The molecule has 0 amide bonds. The summed E-state index contributed by atoms with van der Waals surface area (Å²) in [6, 6.07) is 0.347. The van der Waals surface area contributed by atoms with Crippen molar-refractivity contribution < 1.29 is 5.11 Å². The Balaban J connectivity index is 2.56. The van der Waals surface area contributed by atoms with Crippen molar-refractivity contribution in [1.29, 1.82) is 0 Å². The van der Waals surface area contributed by atoms with Crippen molar-refractivity contribution in [2.45, 2.75) is 76.3 Å². The standard InChI is InChI=1S/C15H31NOS/c1-5-15(3,4)12-6-7-13(16)14(10-12)18-11(2)8-9-17/h11-14,17H,5-10,16H2,1-4H3. The molecule has 0 spiro atoms. The quantitative estimate of drug-likeness (QED) is 0.779. The van der Waals surface area contributed by atoms with E-state index >= 15 is 0 Å². The number of thioether (sulfide) groups is 1. The molecule has 0 aliphatic heterocycles. The van der Waals surface area contributed by atoms with Gasteiger partial charge in [0.25, 0.3) is 0 Å². The highest BCUT2D eigenvalue weighted by atomic mass is 32.2. The second kappa shape index (κ2) is 7.16. The average molecular weight is 273 g/mol. The van der Waals surface area contributed by atoms with Gasteiger partial charge in [0.15, 0.2) is 0 Å². The van der Waals surface area contributed by atoms with Gasteiger partial charge in [0, 0.05) is 23.1 Å². The fourth-order valence-electron chi connectivity index (χ4n) is 2.86. The summed E-state index contributed by atoms with van der Waals surface area (Å²) in [5, 5.41) is 10.1. The number of hydrogen-bond acceptors (Lipinski definition) is 3. The van der Waals surface area contributed by atoms with E-state index in [2.05, 4.69) is 27.7 Å². The Kier molecular flexibility index (Phi) is 6.49. The summed E-state index contributed by atoms with van der Waals surface area (Å²) >= 11 is 2.00. The number of nitrogens with two attached hydrogens (primary N) is 1. The van der Waals surface area contributed by atoms with E-state index in [1.54, 1.807) is 0 Å². The second-order valence-corrected chi connectivity index (χ2v) is 8.20. The number of aliphatic hydroxyl groups is 1. The molecule has 4 unspecified atom stereocenters. The third-order valence-electron chi connectivity index (χ3n) is 4.80. The van der Waals surface area contributed by atoms with Gasteiger partial charge >= 0.3 is 0 Å². The molecule has 4 atom stereocenters. The van der Waals surface area contributed by atoms with E-state index in [9.17, 15) is 0 Å². The molecule has 2 nitrogen and oxygen atoms in total. The summed E-state index contributed by atoms with van der Waals surface area (Å²) in [4.78, 5) is 0. The lowest BCUT2D eigenvalue weighted by atomic mass is 9.69. The fourth-order valence-corrected chi connectivity index (χ4v) is 4.38. The molecule has 0 heterocycles. The highest BCUT2D eigenvalue weighted by Gasteiger charge is 2.36. The molecular formula is C15H31NOS. The highest BCUT2D eigenvalue weighted by Crippen LogP contribution is 2.43. The first kappa shape index (κ1) is 16.3. The van der Waals surface area contributed by atoms with Gasteiger partial charge in [-0.1, -0.05) is 34.1 Å². The molecule has 0 aromatic rings. The summed E-state index contributed by atoms with van der Waals surface area (Å²) in [6.45, 7) is 9.59. The summed E-state index contributed by atoms with van der Waals surface area (Å²) in [6.07, 6.45) is 5.83. The van der Waals surface area contributed by atoms with E-state index in [1.165, 1.54) is 19.3 Å². The minimum atomic E-state index is 0.292. The monoisotopic (exact) mass is 273 g/mol. The Morgan fingerprint density at radius 1 is 1.39 bits per heavy atom. The Morgan fingerprint density at radius 2 is 2.06 bits per heavy atom. The van der Waals surface area contributed by atoms with Crippen LogP contribution in [0.25, 0.3) is 0 Å². The van der Waals surface area contributed by atoms with Crippen molar-refractivity contribution >= 4 is 11.8 Å². The lowest BCUT2D eigenvalue weighted by Gasteiger charge is -2.42. The maximum absolute atomic E-state index is 9.01. The number of rotatable bonds is 6. The fraction of sp³-hybridized carbons (Fsp3) is 1.00. The smallest absolute Gasteiger partial charge is 0.0441 e. The summed E-state index contributed by atoms with van der Waals surface area (Å²) in [5.74, 6) is 0.807. The van der Waals surface area contributed by atoms with Crippen LogP contribution in [0.1, 0.15) is 59.8 Å². The van der Waals surface area contributed by atoms with Crippen LogP contribution in [0.2, 0.25) is 0 Å². The predicted octanol–water partition coefficient (Wildman–Crippen LogP) is 3.42. The van der Waals surface area contributed by atoms with Crippen LogP contribution < -0.4 is 5.73 Å². The molecule has 1 saturated carbocycles. The zero-order valence-electron chi connectivity index (χ0n) is 12.5. The van der Waals surface area contributed by atoms with Crippen molar-refractivity contribution in [2.75, 3.05) is 6.61 Å². The molecule has 0 saturated heterocycles. The maximum Gasteiger partial charge on any atom is 0.0441 e. The first-order valence-electron chi connectivity index (χ1n) is 7.42. The molecule has 1 aliphatic carbocycles. The van der Waals surface area contributed by atoms with Gasteiger partial charge in [-0.25, -0.2) is 0 Å². The zero-order valence-corrected chi connectivity index (χ0v) is 13.3. The van der Waals surface area contributed by atoms with Gasteiger partial charge in [0.05, 0.1) is 0 Å². The average Bonchev–Trinajstić information content (AvgIpc) is 2.32. The van der Waals surface area contributed by atoms with Gasteiger partial charge in [0.2, 0.25) is 0 Å². The van der Waals surface area contributed by atoms with E-state index in [4.69, 9.17) is 10.8 Å². The van der Waals surface area contributed by atoms with Crippen LogP contribution in [0.3, 0.4) is 0 Å². The molecule has 3 heteroatoms. The van der Waals surface area contributed by atoms with Crippen LogP contribution in [-0.2, 0) is 0 Å². The normalized spacial score (nSPS) is 31.3. The van der Waals surface area contributed by atoms with Crippen LogP contribution >= 0.6 is 11.8 Å². The van der Waals surface area contributed by atoms with Crippen molar-refractivity contribution in [1.82, 2.24) is 0 Å². The van der Waals surface area contributed by atoms with Crippen molar-refractivity contribution in [3.63, 3.8) is 0 Å². The molecule has 0 bridgehead atoms. The first-order chi connectivity index (χ1) is 8.40. The number of hydrogen-bond donors (Lipinski definition) is 2. The molecule has 1 fully saturated rings. The molecule has 18 heavy (non-hydrogen) atoms. The largest absolute Gasteiger partial charge is 0.396 e. The van der Waals surface area contributed by atoms with E-state index in [0.717, 1.165) is 18.8 Å². The molecular weight excluding hydrogens is 242 g/mol. The van der Waals surface area contributed by atoms with Crippen LogP contribution in [0, 0.1) is 11.3 Å². The molecule has 0 aromatic heterocycles. The predicted molar refractivity (Wildman–Crippen MR) is 81.9 cm³/mol. The Bertz CT molecular complexity index is 245. The molecule has 0 radical (unpaired) electrons. The van der Waals surface area contributed by atoms with Gasteiger partial charge < -0.3 is 10.8 Å². The summed E-state index contributed by atoms with van der Waals surface area (Å²) in [7, 11) is 0. The van der Waals surface area contributed by atoms with Crippen LogP contribution in [-0.4, -0.2) is 28.3 Å². The van der Waals surface area contributed by atoms with E-state index in [-0.39, 0.29) is 0 Å². The second-order valence-electron chi connectivity index (χ2n) is 6.51. The zero-order chi connectivity index (χ0) is 13.8. The third-order valence-corrected chi connectivity index (χ3v) is 6.39. The highest BCUT2D eigenvalue weighted by molar-refractivity contribution is 8.00.